The smallest absolute Gasteiger partial charge is 0.312 e. The third kappa shape index (κ3) is 4.67. The Bertz CT molecular complexity index is 448. The summed E-state index contributed by atoms with van der Waals surface area (Å²) in [4.78, 5) is 37.9. The molecule has 0 spiro atoms. The second-order valence-corrected chi connectivity index (χ2v) is 6.25. The van der Waals surface area contributed by atoms with Gasteiger partial charge in [0.25, 0.3) is 5.91 Å². The van der Waals surface area contributed by atoms with Crippen LogP contribution in [0.3, 0.4) is 0 Å². The monoisotopic (exact) mass is 326 g/mol. The van der Waals surface area contributed by atoms with E-state index in [-0.39, 0.29) is 24.3 Å². The maximum Gasteiger partial charge on any atom is 0.312 e. The van der Waals surface area contributed by atoms with Crippen LogP contribution < -0.4 is 5.32 Å². The molecule has 7 heteroatoms. The molecule has 2 fully saturated rings. The fourth-order valence-corrected chi connectivity index (χ4v) is 3.20. The normalized spacial score (nSPS) is 23.1. The second kappa shape index (κ2) is 8.29. The van der Waals surface area contributed by atoms with E-state index in [4.69, 9.17) is 9.47 Å². The lowest BCUT2D eigenvalue weighted by Crippen LogP contribution is -2.39. The van der Waals surface area contributed by atoms with Gasteiger partial charge in [-0.15, -0.1) is 0 Å². The van der Waals surface area contributed by atoms with Crippen molar-refractivity contribution in [3.05, 3.63) is 0 Å². The zero-order valence-electron chi connectivity index (χ0n) is 13.9. The highest BCUT2D eigenvalue weighted by Crippen LogP contribution is 2.30. The minimum Gasteiger partial charge on any atom is -0.452 e. The first-order valence-electron chi connectivity index (χ1n) is 8.29. The Morgan fingerprint density at radius 2 is 2.04 bits per heavy atom. The molecule has 1 N–H and O–H groups in total. The van der Waals surface area contributed by atoms with Crippen LogP contribution in [0.25, 0.3) is 0 Å². The molecule has 1 aliphatic heterocycles. The lowest BCUT2D eigenvalue weighted by Gasteiger charge is -2.24. The lowest BCUT2D eigenvalue weighted by molar-refractivity contribution is -0.158. The molecule has 0 unspecified atom stereocenters. The Balaban J connectivity index is 1.79. The highest BCUT2D eigenvalue weighted by atomic mass is 16.5. The van der Waals surface area contributed by atoms with Gasteiger partial charge in [0.15, 0.2) is 6.10 Å². The fraction of sp³-hybridized carbons (Fsp3) is 0.812. The average molecular weight is 326 g/mol. The van der Waals surface area contributed by atoms with Gasteiger partial charge >= 0.3 is 5.97 Å². The zero-order valence-corrected chi connectivity index (χ0v) is 13.9. The number of carbonyl (C=O) groups excluding carboxylic acids is 3. The Morgan fingerprint density at radius 1 is 1.35 bits per heavy atom. The van der Waals surface area contributed by atoms with Crippen molar-refractivity contribution >= 4 is 17.8 Å². The number of rotatable bonds is 7. The molecule has 7 nitrogen and oxygen atoms in total. The van der Waals surface area contributed by atoms with Crippen molar-refractivity contribution in [1.82, 2.24) is 10.2 Å². The van der Waals surface area contributed by atoms with Gasteiger partial charge in [0.05, 0.1) is 12.5 Å². The molecule has 2 atom stereocenters. The molecule has 1 aliphatic carbocycles. The summed E-state index contributed by atoms with van der Waals surface area (Å²) < 4.78 is 10.1. The topological polar surface area (TPSA) is 84.9 Å². The van der Waals surface area contributed by atoms with E-state index in [1.165, 1.54) is 6.92 Å². The molecule has 0 aromatic carbocycles. The van der Waals surface area contributed by atoms with Crippen molar-refractivity contribution in [3.8, 4) is 0 Å². The number of methoxy groups -OCH3 is 1. The minimum absolute atomic E-state index is 0.0241. The summed E-state index contributed by atoms with van der Waals surface area (Å²) in [6, 6.07) is 0.273. The van der Waals surface area contributed by atoms with Gasteiger partial charge in [-0.25, -0.2) is 0 Å². The zero-order chi connectivity index (χ0) is 16.8. The van der Waals surface area contributed by atoms with E-state index < -0.39 is 18.0 Å². The predicted octanol–water partition coefficient (Wildman–Crippen LogP) is 0.472. The van der Waals surface area contributed by atoms with Crippen LogP contribution in [-0.4, -0.2) is 61.6 Å². The maximum absolute atomic E-state index is 12.2. The Morgan fingerprint density at radius 3 is 2.70 bits per heavy atom. The first-order chi connectivity index (χ1) is 11.0. The molecule has 2 aliphatic rings. The van der Waals surface area contributed by atoms with E-state index in [2.05, 4.69) is 5.32 Å². The summed E-state index contributed by atoms with van der Waals surface area (Å²) in [5.74, 6) is -1.26. The third-order valence-corrected chi connectivity index (χ3v) is 4.52. The quantitative estimate of drug-likeness (QED) is 0.543. The number of esters is 1. The highest BCUT2D eigenvalue weighted by molar-refractivity contribution is 5.89. The van der Waals surface area contributed by atoms with E-state index in [1.807, 2.05) is 4.90 Å². The van der Waals surface area contributed by atoms with Gasteiger partial charge in [-0.05, 0) is 19.8 Å². The molecule has 2 amide bonds. The molecule has 0 aromatic rings. The first-order valence-corrected chi connectivity index (χ1v) is 8.29. The van der Waals surface area contributed by atoms with Crippen molar-refractivity contribution < 1.29 is 23.9 Å². The molecule has 23 heavy (non-hydrogen) atoms. The number of ether oxygens (including phenoxy) is 2. The van der Waals surface area contributed by atoms with Crippen LogP contribution in [0.5, 0.6) is 0 Å². The van der Waals surface area contributed by atoms with Gasteiger partial charge < -0.3 is 19.7 Å². The average Bonchev–Trinajstić information content (AvgIpc) is 3.16. The molecular weight excluding hydrogens is 300 g/mol. The summed E-state index contributed by atoms with van der Waals surface area (Å²) in [5.41, 5.74) is 0. The van der Waals surface area contributed by atoms with Crippen molar-refractivity contribution in [2.24, 2.45) is 5.92 Å². The summed E-state index contributed by atoms with van der Waals surface area (Å²) in [6.07, 6.45) is 3.64. The van der Waals surface area contributed by atoms with Crippen LogP contribution in [0.1, 0.15) is 39.0 Å². The van der Waals surface area contributed by atoms with Crippen LogP contribution in [0, 0.1) is 5.92 Å². The SMILES string of the molecule is COCCNC(=O)[C@@H](C)OC(=O)[C@@H]1CC(=O)N(C2CCCC2)C1. The van der Waals surface area contributed by atoms with Crippen molar-refractivity contribution in [3.63, 3.8) is 0 Å². The number of carbonyl (C=O) groups is 3. The molecule has 130 valence electrons. The molecule has 1 saturated heterocycles. The number of hydrogen-bond acceptors (Lipinski definition) is 5. The number of nitrogens with one attached hydrogen (secondary N) is 1. The van der Waals surface area contributed by atoms with Crippen LogP contribution in [-0.2, 0) is 23.9 Å². The molecule has 0 aromatic heterocycles. The molecule has 1 heterocycles. The van der Waals surface area contributed by atoms with Gasteiger partial charge in [-0.2, -0.15) is 0 Å². The van der Waals surface area contributed by atoms with Crippen LogP contribution in [0.15, 0.2) is 0 Å². The van der Waals surface area contributed by atoms with Crippen LogP contribution in [0.2, 0.25) is 0 Å². The Hall–Kier alpha value is -1.63. The van der Waals surface area contributed by atoms with Crippen LogP contribution >= 0.6 is 0 Å². The van der Waals surface area contributed by atoms with E-state index >= 15 is 0 Å². The van der Waals surface area contributed by atoms with Gasteiger partial charge in [0.1, 0.15) is 0 Å². The number of likely N-dealkylation sites (tertiary alicyclic amines) is 1. The van der Waals surface area contributed by atoms with Crippen molar-refractivity contribution in [1.29, 1.82) is 0 Å². The highest BCUT2D eigenvalue weighted by Gasteiger charge is 2.40. The maximum atomic E-state index is 12.2. The summed E-state index contributed by atoms with van der Waals surface area (Å²) in [6.45, 7) is 2.72. The number of hydrogen-bond donors (Lipinski definition) is 1. The largest absolute Gasteiger partial charge is 0.452 e. The first kappa shape index (κ1) is 17.7. The van der Waals surface area contributed by atoms with Crippen molar-refractivity contribution in [2.75, 3.05) is 26.8 Å². The number of amides is 2. The second-order valence-electron chi connectivity index (χ2n) is 6.25. The molecule has 0 radical (unpaired) electrons. The van der Waals surface area contributed by atoms with Crippen LogP contribution in [0.4, 0.5) is 0 Å². The van der Waals surface area contributed by atoms with E-state index in [0.717, 1.165) is 25.7 Å². The van der Waals surface area contributed by atoms with Gasteiger partial charge in [0.2, 0.25) is 5.91 Å². The van der Waals surface area contributed by atoms with E-state index in [1.54, 1.807) is 7.11 Å². The molecule has 2 rings (SSSR count). The third-order valence-electron chi connectivity index (χ3n) is 4.52. The fourth-order valence-electron chi connectivity index (χ4n) is 3.20. The summed E-state index contributed by atoms with van der Waals surface area (Å²) >= 11 is 0. The predicted molar refractivity (Wildman–Crippen MR) is 82.5 cm³/mol. The van der Waals surface area contributed by atoms with Crippen molar-refractivity contribution in [2.45, 2.75) is 51.2 Å². The summed E-state index contributed by atoms with van der Waals surface area (Å²) in [5, 5.41) is 2.62. The van der Waals surface area contributed by atoms with E-state index in [9.17, 15) is 14.4 Å². The standard InChI is InChI=1S/C16H26N2O5/c1-11(15(20)17-7-8-22-2)23-16(21)12-9-14(19)18(10-12)13-5-3-4-6-13/h11-13H,3-10H2,1-2H3,(H,17,20)/t11-,12-/m1/s1. The van der Waals surface area contributed by atoms with E-state index in [0.29, 0.717) is 19.7 Å². The van der Waals surface area contributed by atoms with Gasteiger partial charge in [0, 0.05) is 32.7 Å². The number of nitrogens with zero attached hydrogens (tertiary/aromatic N) is 1. The molecule has 1 saturated carbocycles. The Labute approximate surface area is 136 Å². The summed E-state index contributed by atoms with van der Waals surface area (Å²) in [7, 11) is 1.54. The molecular formula is C16H26N2O5. The Kier molecular flexibility index (Phi) is 6.38. The van der Waals surface area contributed by atoms with Gasteiger partial charge in [-0.1, -0.05) is 12.8 Å². The minimum atomic E-state index is -0.866. The lowest BCUT2D eigenvalue weighted by atomic mass is 10.1. The molecule has 0 bridgehead atoms. The van der Waals surface area contributed by atoms with Gasteiger partial charge in [-0.3, -0.25) is 14.4 Å².